The third-order valence-corrected chi connectivity index (χ3v) is 8.54. The lowest BCUT2D eigenvalue weighted by Crippen LogP contribution is -2.48. The van der Waals surface area contributed by atoms with Crippen molar-refractivity contribution < 1.29 is 18.0 Å². The molecule has 22 heavy (non-hydrogen) atoms. The minimum atomic E-state index is -3.49. The maximum Gasteiger partial charge on any atom is 0.289 e. The predicted octanol–water partition coefficient (Wildman–Crippen LogP) is 2.36. The molecule has 1 aromatic heterocycles. The van der Waals surface area contributed by atoms with E-state index in [1.54, 1.807) is 12.1 Å². The molecule has 3 rings (SSSR count). The van der Waals surface area contributed by atoms with E-state index in [9.17, 15) is 18.0 Å². The quantitative estimate of drug-likeness (QED) is 0.744. The van der Waals surface area contributed by atoms with Gasteiger partial charge in [-0.3, -0.25) is 14.5 Å². The number of hydrogen-bond donors (Lipinski definition) is 0. The first-order valence-electron chi connectivity index (χ1n) is 6.64. The third kappa shape index (κ3) is 2.99. The van der Waals surface area contributed by atoms with Gasteiger partial charge in [0.15, 0.2) is 0 Å². The first-order valence-corrected chi connectivity index (χ1v) is 10.7. The zero-order valence-electron chi connectivity index (χ0n) is 11.4. The Kier molecular flexibility index (Phi) is 4.66. The molecule has 2 aliphatic rings. The molecule has 6 nitrogen and oxygen atoms in total. The lowest BCUT2D eigenvalue weighted by atomic mass is 10.1. The van der Waals surface area contributed by atoms with E-state index in [-0.39, 0.29) is 22.9 Å². The van der Waals surface area contributed by atoms with Crippen LogP contribution in [0.3, 0.4) is 0 Å². The first kappa shape index (κ1) is 16.4. The van der Waals surface area contributed by atoms with Crippen molar-refractivity contribution in [1.29, 1.82) is 0 Å². The van der Waals surface area contributed by atoms with Crippen LogP contribution in [0.4, 0.5) is 4.79 Å². The fourth-order valence-electron chi connectivity index (χ4n) is 2.62. The molecule has 1 aromatic rings. The maximum absolute atomic E-state index is 12.5. The Morgan fingerprint density at radius 2 is 1.86 bits per heavy atom. The summed E-state index contributed by atoms with van der Waals surface area (Å²) >= 11 is 5.46. The molecule has 0 unspecified atom stereocenters. The average Bonchev–Trinajstić information content (AvgIpc) is 3.06. The second-order valence-corrected chi connectivity index (χ2v) is 10.6. The van der Waals surface area contributed by atoms with Crippen LogP contribution in [0.25, 0.3) is 0 Å². The van der Waals surface area contributed by atoms with Crippen LogP contribution in [0, 0.1) is 0 Å². The highest BCUT2D eigenvalue weighted by molar-refractivity contribution is 9.11. The Hall–Kier alpha value is -0.420. The van der Waals surface area contributed by atoms with Crippen LogP contribution in [-0.4, -0.2) is 53.7 Å². The molecule has 0 saturated carbocycles. The topological polar surface area (TPSA) is 74.8 Å². The molecule has 0 bridgehead atoms. The van der Waals surface area contributed by atoms with Gasteiger partial charge in [-0.2, -0.15) is 4.31 Å². The number of nitrogens with zero attached hydrogens (tertiary/aromatic N) is 2. The van der Waals surface area contributed by atoms with Gasteiger partial charge in [0.2, 0.25) is 5.91 Å². The van der Waals surface area contributed by atoms with Crippen molar-refractivity contribution in [2.45, 2.75) is 23.1 Å². The number of hydrogen-bond acceptors (Lipinski definition) is 6. The van der Waals surface area contributed by atoms with Crippen molar-refractivity contribution in [1.82, 2.24) is 9.21 Å². The highest BCUT2D eigenvalue weighted by Gasteiger charge is 2.39. The third-order valence-electron chi connectivity index (χ3n) is 3.72. The minimum Gasteiger partial charge on any atom is -0.273 e. The van der Waals surface area contributed by atoms with Gasteiger partial charge in [0, 0.05) is 19.1 Å². The summed E-state index contributed by atoms with van der Waals surface area (Å²) in [5.74, 6) is 0.0269. The van der Waals surface area contributed by atoms with Gasteiger partial charge in [-0.25, -0.2) is 8.42 Å². The second kappa shape index (κ2) is 6.23. The predicted molar refractivity (Wildman–Crippen MR) is 88.5 cm³/mol. The standard InChI is InChI=1S/C12H13BrN2O4S3/c13-9-1-2-11(21-9)22(18,19)14-5-3-8(4-6-14)15-10(16)7-20-12(15)17/h1-2,8H,3-7H2. The molecule has 0 spiro atoms. The van der Waals surface area contributed by atoms with E-state index >= 15 is 0 Å². The lowest BCUT2D eigenvalue weighted by Gasteiger charge is -2.34. The Balaban J connectivity index is 1.69. The van der Waals surface area contributed by atoms with Crippen LogP contribution < -0.4 is 0 Å². The van der Waals surface area contributed by atoms with Crippen molar-refractivity contribution in [3.8, 4) is 0 Å². The zero-order valence-corrected chi connectivity index (χ0v) is 15.4. The van der Waals surface area contributed by atoms with Gasteiger partial charge in [0.25, 0.3) is 15.3 Å². The van der Waals surface area contributed by atoms with E-state index in [0.29, 0.717) is 30.1 Å². The molecular weight excluding hydrogens is 412 g/mol. The van der Waals surface area contributed by atoms with Crippen LogP contribution in [0.15, 0.2) is 20.1 Å². The summed E-state index contributed by atoms with van der Waals surface area (Å²) in [4.78, 5) is 24.8. The van der Waals surface area contributed by atoms with Crippen LogP contribution in [0.1, 0.15) is 12.8 Å². The van der Waals surface area contributed by atoms with Crippen molar-refractivity contribution in [2.75, 3.05) is 18.8 Å². The summed E-state index contributed by atoms with van der Waals surface area (Å²) < 4.78 is 27.5. The van der Waals surface area contributed by atoms with Gasteiger partial charge in [-0.1, -0.05) is 11.8 Å². The minimum absolute atomic E-state index is 0.168. The summed E-state index contributed by atoms with van der Waals surface area (Å²) in [5, 5.41) is -0.214. The molecule has 2 amide bonds. The molecule has 0 atom stereocenters. The number of thioether (sulfide) groups is 1. The molecule has 2 saturated heterocycles. The van der Waals surface area contributed by atoms with E-state index in [1.807, 2.05) is 0 Å². The largest absolute Gasteiger partial charge is 0.289 e. The summed E-state index contributed by atoms with van der Waals surface area (Å²) in [6, 6.07) is 3.11. The summed E-state index contributed by atoms with van der Waals surface area (Å²) in [6.07, 6.45) is 0.980. The van der Waals surface area contributed by atoms with Crippen LogP contribution in [-0.2, 0) is 14.8 Å². The zero-order chi connectivity index (χ0) is 15.9. The normalized spacial score (nSPS) is 21.8. The Bertz CT molecular complexity index is 694. The highest BCUT2D eigenvalue weighted by atomic mass is 79.9. The number of rotatable bonds is 3. The van der Waals surface area contributed by atoms with Crippen molar-refractivity contribution in [3.05, 3.63) is 15.9 Å². The monoisotopic (exact) mass is 424 g/mol. The first-order chi connectivity index (χ1) is 10.4. The molecular formula is C12H13BrN2O4S3. The van der Waals surface area contributed by atoms with Gasteiger partial charge in [-0.05, 0) is 40.9 Å². The number of halogens is 1. The van der Waals surface area contributed by atoms with E-state index in [2.05, 4.69) is 15.9 Å². The number of thiophene rings is 1. The van der Waals surface area contributed by atoms with Gasteiger partial charge < -0.3 is 0 Å². The summed E-state index contributed by atoms with van der Waals surface area (Å²) in [5.41, 5.74) is 0. The molecule has 0 radical (unpaired) electrons. The molecule has 3 heterocycles. The number of carbonyl (C=O) groups excluding carboxylic acids is 2. The molecule has 120 valence electrons. The number of imide groups is 1. The molecule has 2 aliphatic heterocycles. The van der Waals surface area contributed by atoms with E-state index in [0.717, 1.165) is 15.5 Å². The second-order valence-electron chi connectivity index (χ2n) is 5.01. The van der Waals surface area contributed by atoms with Gasteiger partial charge >= 0.3 is 0 Å². The van der Waals surface area contributed by atoms with Crippen LogP contribution in [0.5, 0.6) is 0 Å². The van der Waals surface area contributed by atoms with Crippen molar-refractivity contribution >= 4 is 60.2 Å². The Morgan fingerprint density at radius 1 is 1.18 bits per heavy atom. The number of sulfonamides is 1. The Labute approximate surface area is 145 Å². The lowest BCUT2D eigenvalue weighted by molar-refractivity contribution is -0.126. The number of amides is 2. The SMILES string of the molecule is O=C1CSC(=O)N1C1CCN(S(=O)(=O)c2ccc(Br)s2)CC1. The van der Waals surface area contributed by atoms with E-state index < -0.39 is 10.0 Å². The van der Waals surface area contributed by atoms with E-state index in [4.69, 9.17) is 0 Å². The number of carbonyl (C=O) groups is 2. The fraction of sp³-hybridized carbons (Fsp3) is 0.500. The number of piperidine rings is 1. The Morgan fingerprint density at radius 3 is 2.36 bits per heavy atom. The van der Waals surface area contributed by atoms with Crippen LogP contribution >= 0.6 is 39.0 Å². The maximum atomic E-state index is 12.5. The molecule has 2 fully saturated rings. The fourth-order valence-corrected chi connectivity index (χ4v) is 7.03. The summed E-state index contributed by atoms with van der Waals surface area (Å²) in [7, 11) is -3.49. The van der Waals surface area contributed by atoms with E-state index in [1.165, 1.54) is 20.5 Å². The molecule has 0 aliphatic carbocycles. The van der Waals surface area contributed by atoms with Crippen LogP contribution in [0.2, 0.25) is 0 Å². The highest BCUT2D eigenvalue weighted by Crippen LogP contribution is 2.32. The van der Waals surface area contributed by atoms with Crippen molar-refractivity contribution in [2.24, 2.45) is 0 Å². The van der Waals surface area contributed by atoms with Gasteiger partial charge in [0.1, 0.15) is 4.21 Å². The summed E-state index contributed by atoms with van der Waals surface area (Å²) in [6.45, 7) is 0.647. The van der Waals surface area contributed by atoms with Gasteiger partial charge in [0.05, 0.1) is 9.54 Å². The smallest absolute Gasteiger partial charge is 0.273 e. The van der Waals surface area contributed by atoms with Crippen molar-refractivity contribution in [3.63, 3.8) is 0 Å². The molecule has 0 N–H and O–H groups in total. The molecule has 10 heteroatoms. The van der Waals surface area contributed by atoms with Gasteiger partial charge in [-0.15, -0.1) is 11.3 Å². The molecule has 0 aromatic carbocycles. The average molecular weight is 425 g/mol.